The molecule has 3 heteroatoms. The van der Waals surface area contributed by atoms with Gasteiger partial charge in [0.25, 0.3) is 0 Å². The number of carbonyl (C=O) groups is 1. The number of aldehydes is 1. The van der Waals surface area contributed by atoms with Crippen molar-refractivity contribution in [3.8, 4) is 12.1 Å². The van der Waals surface area contributed by atoms with Crippen molar-refractivity contribution in [2.24, 2.45) is 0 Å². The Kier molecular flexibility index (Phi) is 2.87. The molecule has 0 bridgehead atoms. The summed E-state index contributed by atoms with van der Waals surface area (Å²) >= 11 is 0. The fourth-order valence-corrected chi connectivity index (χ4v) is 1.75. The third kappa shape index (κ3) is 1.49. The zero-order valence-corrected chi connectivity index (χ0v) is 8.88. The highest BCUT2D eigenvalue weighted by molar-refractivity contribution is 5.83. The van der Waals surface area contributed by atoms with E-state index in [0.717, 1.165) is 0 Å². The molecule has 0 atom stereocenters. The van der Waals surface area contributed by atoms with Crippen LogP contribution in [0.1, 0.15) is 38.2 Å². The van der Waals surface area contributed by atoms with Gasteiger partial charge in [0.1, 0.15) is 0 Å². The third-order valence-electron chi connectivity index (χ3n) is 2.65. The maximum atomic E-state index is 10.9. The minimum absolute atomic E-state index is 0.430. The van der Waals surface area contributed by atoms with Gasteiger partial charge in [-0.05, 0) is 37.5 Å². The van der Waals surface area contributed by atoms with Crippen LogP contribution in [0.15, 0.2) is 0 Å². The maximum Gasteiger partial charge on any atom is 0.150 e. The molecule has 0 heterocycles. The van der Waals surface area contributed by atoms with Crippen LogP contribution in [0.25, 0.3) is 0 Å². The number of hydrogen-bond donors (Lipinski definition) is 0. The van der Waals surface area contributed by atoms with Crippen LogP contribution in [0.4, 0.5) is 0 Å². The Morgan fingerprint density at radius 2 is 1.33 bits per heavy atom. The molecule has 0 N–H and O–H groups in total. The van der Waals surface area contributed by atoms with Gasteiger partial charge in [-0.25, -0.2) is 0 Å². The molecule has 0 aromatic heterocycles. The molecule has 0 amide bonds. The van der Waals surface area contributed by atoms with E-state index in [4.69, 9.17) is 10.5 Å². The van der Waals surface area contributed by atoms with E-state index in [9.17, 15) is 4.79 Å². The van der Waals surface area contributed by atoms with Crippen LogP contribution in [0.3, 0.4) is 0 Å². The molecular weight excluding hydrogens is 188 g/mol. The number of nitriles is 2. The van der Waals surface area contributed by atoms with Crippen LogP contribution in [-0.2, 0) is 0 Å². The summed E-state index contributed by atoms with van der Waals surface area (Å²) in [5.74, 6) is 0. The molecule has 0 aliphatic heterocycles. The fourth-order valence-electron chi connectivity index (χ4n) is 1.75. The second kappa shape index (κ2) is 3.94. The molecule has 3 nitrogen and oxygen atoms in total. The van der Waals surface area contributed by atoms with Crippen LogP contribution >= 0.6 is 0 Å². The highest BCUT2D eigenvalue weighted by Gasteiger charge is 2.15. The summed E-state index contributed by atoms with van der Waals surface area (Å²) in [6.45, 7) is 5.18. The summed E-state index contributed by atoms with van der Waals surface area (Å²) in [6.07, 6.45) is 0.700. The fraction of sp³-hybridized carbons (Fsp3) is 0.250. The van der Waals surface area contributed by atoms with Gasteiger partial charge in [0, 0.05) is 5.56 Å². The Hall–Kier alpha value is -2.13. The first-order valence-electron chi connectivity index (χ1n) is 4.47. The van der Waals surface area contributed by atoms with Gasteiger partial charge in [-0.2, -0.15) is 10.5 Å². The monoisotopic (exact) mass is 198 g/mol. The normalized spacial score (nSPS) is 9.13. The molecule has 0 fully saturated rings. The lowest BCUT2D eigenvalue weighted by Gasteiger charge is -2.11. The quantitative estimate of drug-likeness (QED) is 0.649. The van der Waals surface area contributed by atoms with Gasteiger partial charge >= 0.3 is 0 Å². The lowest BCUT2D eigenvalue weighted by Crippen LogP contribution is -2.02. The highest BCUT2D eigenvalue weighted by Crippen LogP contribution is 2.24. The molecule has 0 radical (unpaired) electrons. The van der Waals surface area contributed by atoms with Crippen molar-refractivity contribution in [1.82, 2.24) is 0 Å². The van der Waals surface area contributed by atoms with E-state index in [0.29, 0.717) is 39.7 Å². The van der Waals surface area contributed by atoms with Crippen molar-refractivity contribution >= 4 is 6.29 Å². The summed E-state index contributed by atoms with van der Waals surface area (Å²) in [5.41, 5.74) is 3.27. The lowest BCUT2D eigenvalue weighted by atomic mass is 9.90. The van der Waals surface area contributed by atoms with Crippen molar-refractivity contribution in [2.75, 3.05) is 0 Å². The summed E-state index contributed by atoms with van der Waals surface area (Å²) in [6, 6.07) is 4.06. The van der Waals surface area contributed by atoms with E-state index >= 15 is 0 Å². The van der Waals surface area contributed by atoms with Crippen LogP contribution in [-0.4, -0.2) is 6.29 Å². The molecule has 0 aliphatic rings. The van der Waals surface area contributed by atoms with E-state index in [2.05, 4.69) is 0 Å². The predicted octanol–water partition coefficient (Wildman–Crippen LogP) is 2.17. The smallest absolute Gasteiger partial charge is 0.150 e. The van der Waals surface area contributed by atoms with Gasteiger partial charge < -0.3 is 0 Å². The largest absolute Gasteiger partial charge is 0.298 e. The average Bonchev–Trinajstić information content (AvgIpc) is 2.19. The SMILES string of the molecule is Cc1c(C#N)c(C)c(C=O)c(C)c1C#N. The molecular formula is C12H10N2O. The second-order valence-corrected chi connectivity index (χ2v) is 3.38. The third-order valence-corrected chi connectivity index (χ3v) is 2.65. The summed E-state index contributed by atoms with van der Waals surface area (Å²) < 4.78 is 0. The molecule has 0 spiro atoms. The van der Waals surface area contributed by atoms with Gasteiger partial charge in [0.05, 0.1) is 23.3 Å². The van der Waals surface area contributed by atoms with Crippen LogP contribution < -0.4 is 0 Å². The molecule has 74 valence electrons. The standard InChI is InChI=1S/C12H10N2O/c1-7-10(4-13)8(2)12(6-15)9(3)11(7)5-14/h6H,1-3H3. The van der Waals surface area contributed by atoms with Crippen LogP contribution in [0, 0.1) is 43.4 Å². The topological polar surface area (TPSA) is 64.7 Å². The molecule has 0 saturated heterocycles. The number of benzene rings is 1. The van der Waals surface area contributed by atoms with E-state index in [1.807, 2.05) is 12.1 Å². The maximum absolute atomic E-state index is 10.9. The first kappa shape index (κ1) is 10.9. The van der Waals surface area contributed by atoms with E-state index < -0.39 is 0 Å². The van der Waals surface area contributed by atoms with Crippen LogP contribution in [0.2, 0.25) is 0 Å². The second-order valence-electron chi connectivity index (χ2n) is 3.38. The van der Waals surface area contributed by atoms with Gasteiger partial charge in [0.2, 0.25) is 0 Å². The van der Waals surface area contributed by atoms with E-state index in [1.54, 1.807) is 20.8 Å². The first-order chi connectivity index (χ1) is 7.08. The van der Waals surface area contributed by atoms with Gasteiger partial charge in [-0.15, -0.1) is 0 Å². The Morgan fingerprint density at radius 1 is 0.933 bits per heavy atom. The van der Waals surface area contributed by atoms with Gasteiger partial charge in [-0.3, -0.25) is 4.79 Å². The number of carbonyl (C=O) groups excluding carboxylic acids is 1. The molecule has 1 aromatic rings. The Morgan fingerprint density at radius 3 is 1.60 bits per heavy atom. The number of hydrogen-bond acceptors (Lipinski definition) is 3. The number of rotatable bonds is 1. The molecule has 0 unspecified atom stereocenters. The molecule has 0 aliphatic carbocycles. The average molecular weight is 198 g/mol. The van der Waals surface area contributed by atoms with E-state index in [1.165, 1.54) is 0 Å². The van der Waals surface area contributed by atoms with Crippen LogP contribution in [0.5, 0.6) is 0 Å². The highest BCUT2D eigenvalue weighted by atomic mass is 16.1. The minimum atomic E-state index is 0.430. The zero-order chi connectivity index (χ0) is 11.6. The molecule has 15 heavy (non-hydrogen) atoms. The number of nitrogens with zero attached hydrogens (tertiary/aromatic N) is 2. The summed E-state index contributed by atoms with van der Waals surface area (Å²) in [5, 5.41) is 17.9. The lowest BCUT2D eigenvalue weighted by molar-refractivity contribution is 0.112. The first-order valence-corrected chi connectivity index (χ1v) is 4.47. The molecule has 1 rings (SSSR count). The Bertz CT molecular complexity index is 475. The van der Waals surface area contributed by atoms with Crippen molar-refractivity contribution in [3.05, 3.63) is 33.4 Å². The van der Waals surface area contributed by atoms with Crippen molar-refractivity contribution in [2.45, 2.75) is 20.8 Å². The van der Waals surface area contributed by atoms with E-state index in [-0.39, 0.29) is 0 Å². The molecule has 1 aromatic carbocycles. The van der Waals surface area contributed by atoms with Gasteiger partial charge in [0.15, 0.2) is 6.29 Å². The van der Waals surface area contributed by atoms with Crippen molar-refractivity contribution in [1.29, 1.82) is 10.5 Å². The zero-order valence-electron chi connectivity index (χ0n) is 8.88. The van der Waals surface area contributed by atoms with Gasteiger partial charge in [-0.1, -0.05) is 0 Å². The Balaban J connectivity index is 3.85. The summed E-state index contributed by atoms with van der Waals surface area (Å²) in [7, 11) is 0. The molecule has 0 saturated carbocycles. The minimum Gasteiger partial charge on any atom is -0.298 e. The van der Waals surface area contributed by atoms with Crippen molar-refractivity contribution < 1.29 is 4.79 Å². The Labute approximate surface area is 88.6 Å². The summed E-state index contributed by atoms with van der Waals surface area (Å²) in [4.78, 5) is 10.9. The predicted molar refractivity (Wildman–Crippen MR) is 55.5 cm³/mol. The van der Waals surface area contributed by atoms with Crippen molar-refractivity contribution in [3.63, 3.8) is 0 Å².